The standard InChI is InChI=1S/C16H19NO2/c1-9-7-6-8-14(10(9)2)17-16(18)15-11(3)12(4)19-13(15)5/h6-8H,1-5H3,(H,17,18). The molecule has 1 amide bonds. The second kappa shape index (κ2) is 4.92. The number of amides is 1. The highest BCUT2D eigenvalue weighted by atomic mass is 16.3. The van der Waals surface area contributed by atoms with Crippen LogP contribution in [0.3, 0.4) is 0 Å². The fourth-order valence-corrected chi connectivity index (χ4v) is 2.20. The molecule has 100 valence electrons. The maximum Gasteiger partial charge on any atom is 0.259 e. The van der Waals surface area contributed by atoms with E-state index < -0.39 is 0 Å². The van der Waals surface area contributed by atoms with Gasteiger partial charge in [0.15, 0.2) is 0 Å². The third-order valence-corrected chi connectivity index (χ3v) is 3.64. The number of aryl methyl sites for hydroxylation is 3. The maximum absolute atomic E-state index is 12.4. The first-order valence-corrected chi connectivity index (χ1v) is 6.36. The Balaban J connectivity index is 2.34. The molecule has 3 heteroatoms. The number of carbonyl (C=O) groups is 1. The number of anilines is 1. The van der Waals surface area contributed by atoms with Crippen molar-refractivity contribution < 1.29 is 9.21 Å². The fourth-order valence-electron chi connectivity index (χ4n) is 2.20. The van der Waals surface area contributed by atoms with E-state index in [1.54, 1.807) is 0 Å². The zero-order valence-corrected chi connectivity index (χ0v) is 12.0. The van der Waals surface area contributed by atoms with Crippen LogP contribution in [0.4, 0.5) is 5.69 Å². The van der Waals surface area contributed by atoms with Crippen molar-refractivity contribution in [2.24, 2.45) is 0 Å². The molecule has 0 bridgehead atoms. The van der Waals surface area contributed by atoms with Crippen LogP contribution >= 0.6 is 0 Å². The van der Waals surface area contributed by atoms with Crippen LogP contribution in [-0.2, 0) is 0 Å². The van der Waals surface area contributed by atoms with E-state index in [-0.39, 0.29) is 5.91 Å². The number of furan rings is 1. The molecule has 0 aliphatic rings. The Bertz CT molecular complexity index is 638. The van der Waals surface area contributed by atoms with Crippen LogP contribution in [-0.4, -0.2) is 5.91 Å². The van der Waals surface area contributed by atoms with Gasteiger partial charge in [-0.2, -0.15) is 0 Å². The second-order valence-corrected chi connectivity index (χ2v) is 4.92. The van der Waals surface area contributed by atoms with Gasteiger partial charge in [0.2, 0.25) is 0 Å². The van der Waals surface area contributed by atoms with Crippen LogP contribution in [0.1, 0.15) is 38.6 Å². The molecular formula is C16H19NO2. The molecule has 1 N–H and O–H groups in total. The summed E-state index contributed by atoms with van der Waals surface area (Å²) in [6.45, 7) is 9.63. The van der Waals surface area contributed by atoms with Crippen LogP contribution in [0, 0.1) is 34.6 Å². The lowest BCUT2D eigenvalue weighted by atomic mass is 10.1. The second-order valence-electron chi connectivity index (χ2n) is 4.92. The molecule has 1 aromatic carbocycles. The summed E-state index contributed by atoms with van der Waals surface area (Å²) in [4.78, 5) is 12.4. The summed E-state index contributed by atoms with van der Waals surface area (Å²) in [5.74, 6) is 1.35. The number of hydrogen-bond acceptors (Lipinski definition) is 2. The minimum atomic E-state index is -0.111. The van der Waals surface area contributed by atoms with Gasteiger partial charge in [-0.05, 0) is 51.8 Å². The van der Waals surface area contributed by atoms with Crippen LogP contribution in [0.15, 0.2) is 22.6 Å². The predicted molar refractivity (Wildman–Crippen MR) is 76.8 cm³/mol. The highest BCUT2D eigenvalue weighted by molar-refractivity contribution is 6.06. The van der Waals surface area contributed by atoms with E-state index in [2.05, 4.69) is 5.32 Å². The van der Waals surface area contributed by atoms with E-state index in [1.807, 2.05) is 52.8 Å². The van der Waals surface area contributed by atoms with E-state index in [9.17, 15) is 4.79 Å². The summed E-state index contributed by atoms with van der Waals surface area (Å²) in [6.07, 6.45) is 0. The molecule has 2 rings (SSSR count). The molecule has 0 aliphatic carbocycles. The van der Waals surface area contributed by atoms with E-state index in [1.165, 1.54) is 0 Å². The van der Waals surface area contributed by atoms with Crippen molar-refractivity contribution >= 4 is 11.6 Å². The quantitative estimate of drug-likeness (QED) is 0.881. The molecule has 0 saturated heterocycles. The van der Waals surface area contributed by atoms with Crippen molar-refractivity contribution in [2.75, 3.05) is 5.32 Å². The smallest absolute Gasteiger partial charge is 0.259 e. The van der Waals surface area contributed by atoms with Crippen LogP contribution < -0.4 is 5.32 Å². The SMILES string of the molecule is Cc1cccc(NC(=O)c2c(C)oc(C)c2C)c1C. The summed E-state index contributed by atoms with van der Waals surface area (Å²) < 4.78 is 5.50. The molecule has 0 atom stereocenters. The third-order valence-electron chi connectivity index (χ3n) is 3.64. The van der Waals surface area contributed by atoms with Gasteiger partial charge < -0.3 is 9.73 Å². The average Bonchev–Trinajstić information content (AvgIpc) is 2.59. The number of benzene rings is 1. The highest BCUT2D eigenvalue weighted by Gasteiger charge is 2.19. The molecule has 0 spiro atoms. The van der Waals surface area contributed by atoms with Gasteiger partial charge in [-0.3, -0.25) is 4.79 Å². The summed E-state index contributed by atoms with van der Waals surface area (Å²) in [5.41, 5.74) is 4.64. The van der Waals surface area contributed by atoms with Crippen LogP contribution in [0.5, 0.6) is 0 Å². The van der Waals surface area contributed by atoms with Gasteiger partial charge in [-0.15, -0.1) is 0 Å². The van der Waals surface area contributed by atoms with Gasteiger partial charge in [0.1, 0.15) is 11.5 Å². The Kier molecular flexibility index (Phi) is 3.47. The molecule has 0 radical (unpaired) electrons. The van der Waals surface area contributed by atoms with Crippen molar-refractivity contribution in [3.63, 3.8) is 0 Å². The van der Waals surface area contributed by atoms with Gasteiger partial charge in [-0.1, -0.05) is 12.1 Å². The Morgan fingerprint density at radius 2 is 1.68 bits per heavy atom. The molecule has 0 saturated carbocycles. The largest absolute Gasteiger partial charge is 0.466 e. The van der Waals surface area contributed by atoms with E-state index in [0.717, 1.165) is 28.1 Å². The average molecular weight is 257 g/mol. The topological polar surface area (TPSA) is 42.2 Å². The van der Waals surface area contributed by atoms with Gasteiger partial charge in [0.05, 0.1) is 5.56 Å². The van der Waals surface area contributed by atoms with Crippen molar-refractivity contribution in [3.8, 4) is 0 Å². The summed E-state index contributed by atoms with van der Waals surface area (Å²) >= 11 is 0. The Labute approximate surface area is 113 Å². The fraction of sp³-hybridized carbons (Fsp3) is 0.312. The Morgan fingerprint density at radius 1 is 1.00 bits per heavy atom. The lowest BCUT2D eigenvalue weighted by Gasteiger charge is -2.10. The van der Waals surface area contributed by atoms with Crippen molar-refractivity contribution in [1.29, 1.82) is 0 Å². The van der Waals surface area contributed by atoms with E-state index >= 15 is 0 Å². The molecule has 0 unspecified atom stereocenters. The number of rotatable bonds is 2. The van der Waals surface area contributed by atoms with Gasteiger partial charge in [-0.25, -0.2) is 0 Å². The van der Waals surface area contributed by atoms with Crippen molar-refractivity contribution in [2.45, 2.75) is 34.6 Å². The lowest BCUT2D eigenvalue weighted by molar-refractivity contribution is 0.102. The third kappa shape index (κ3) is 2.41. The van der Waals surface area contributed by atoms with Gasteiger partial charge in [0, 0.05) is 11.3 Å². The van der Waals surface area contributed by atoms with Crippen molar-refractivity contribution in [3.05, 3.63) is 52.0 Å². The molecule has 19 heavy (non-hydrogen) atoms. The number of nitrogens with one attached hydrogen (secondary N) is 1. The van der Waals surface area contributed by atoms with E-state index in [0.29, 0.717) is 11.3 Å². The maximum atomic E-state index is 12.4. The normalized spacial score (nSPS) is 10.6. The zero-order valence-electron chi connectivity index (χ0n) is 12.0. The molecule has 0 fully saturated rings. The molecule has 0 aliphatic heterocycles. The Hall–Kier alpha value is -2.03. The van der Waals surface area contributed by atoms with Crippen LogP contribution in [0.2, 0.25) is 0 Å². The zero-order chi connectivity index (χ0) is 14.2. The molecule has 3 nitrogen and oxygen atoms in total. The molecule has 2 aromatic rings. The van der Waals surface area contributed by atoms with E-state index in [4.69, 9.17) is 4.42 Å². The number of carbonyl (C=O) groups excluding carboxylic acids is 1. The lowest BCUT2D eigenvalue weighted by Crippen LogP contribution is -2.14. The Morgan fingerprint density at radius 3 is 2.26 bits per heavy atom. The minimum Gasteiger partial charge on any atom is -0.466 e. The summed E-state index contributed by atoms with van der Waals surface area (Å²) in [6, 6.07) is 5.89. The minimum absolute atomic E-state index is 0.111. The summed E-state index contributed by atoms with van der Waals surface area (Å²) in [7, 11) is 0. The first-order chi connectivity index (χ1) is 8.91. The first kappa shape index (κ1) is 13.4. The number of hydrogen-bond donors (Lipinski definition) is 1. The molecule has 1 aromatic heterocycles. The highest BCUT2D eigenvalue weighted by Crippen LogP contribution is 2.24. The molecule has 1 heterocycles. The van der Waals surface area contributed by atoms with Gasteiger partial charge in [0.25, 0.3) is 5.91 Å². The molecular weight excluding hydrogens is 238 g/mol. The van der Waals surface area contributed by atoms with Gasteiger partial charge >= 0.3 is 0 Å². The predicted octanol–water partition coefficient (Wildman–Crippen LogP) is 4.07. The monoisotopic (exact) mass is 257 g/mol. The summed E-state index contributed by atoms with van der Waals surface area (Å²) in [5, 5.41) is 2.96. The van der Waals surface area contributed by atoms with Crippen molar-refractivity contribution in [1.82, 2.24) is 0 Å². The van der Waals surface area contributed by atoms with Crippen LogP contribution in [0.25, 0.3) is 0 Å². The first-order valence-electron chi connectivity index (χ1n) is 6.36.